The van der Waals surface area contributed by atoms with Crippen LogP contribution in [0, 0.1) is 17.2 Å². The molecule has 90 valence electrons. The van der Waals surface area contributed by atoms with Gasteiger partial charge < -0.3 is 11.1 Å². The smallest absolute Gasteiger partial charge is 0.130 e. The molecule has 17 heavy (non-hydrogen) atoms. The molecule has 3 N–H and O–H groups in total. The highest BCUT2D eigenvalue weighted by Gasteiger charge is 2.34. The summed E-state index contributed by atoms with van der Waals surface area (Å²) < 4.78 is 0. The van der Waals surface area contributed by atoms with Crippen LogP contribution < -0.4 is 11.1 Å². The van der Waals surface area contributed by atoms with Crippen LogP contribution in [0.1, 0.15) is 49.0 Å². The Morgan fingerprint density at radius 1 is 1.41 bits per heavy atom. The van der Waals surface area contributed by atoms with E-state index in [-0.39, 0.29) is 0 Å². The van der Waals surface area contributed by atoms with Crippen molar-refractivity contribution in [3.8, 4) is 6.07 Å². The van der Waals surface area contributed by atoms with Crippen LogP contribution in [-0.2, 0) is 0 Å². The van der Waals surface area contributed by atoms with Crippen LogP contribution in [0.25, 0.3) is 0 Å². The Morgan fingerprint density at radius 2 is 2.12 bits per heavy atom. The van der Waals surface area contributed by atoms with Gasteiger partial charge in [-0.15, -0.1) is 11.3 Å². The van der Waals surface area contributed by atoms with E-state index in [0.717, 1.165) is 16.6 Å². The quantitative estimate of drug-likeness (QED) is 0.858. The molecule has 3 nitrogen and oxygen atoms in total. The summed E-state index contributed by atoms with van der Waals surface area (Å²) in [6.45, 7) is 2.23. The number of hydrogen-bond acceptors (Lipinski definition) is 4. The Balaban J connectivity index is 1.88. The fourth-order valence-electron chi connectivity index (χ4n) is 2.35. The highest BCUT2D eigenvalue weighted by atomic mass is 32.1. The van der Waals surface area contributed by atoms with Crippen molar-refractivity contribution >= 4 is 22.0 Å². The molecule has 0 aliphatic heterocycles. The van der Waals surface area contributed by atoms with Crippen molar-refractivity contribution in [1.82, 2.24) is 0 Å². The molecule has 0 bridgehead atoms. The predicted octanol–water partition coefficient (Wildman–Crippen LogP) is 3.29. The molecule has 2 aliphatic rings. The van der Waals surface area contributed by atoms with Crippen molar-refractivity contribution in [2.75, 3.05) is 11.1 Å². The van der Waals surface area contributed by atoms with Gasteiger partial charge in [-0.05, 0) is 44.4 Å². The lowest BCUT2D eigenvalue weighted by atomic mass is 10.1. The van der Waals surface area contributed by atoms with Gasteiger partial charge in [-0.1, -0.05) is 0 Å². The summed E-state index contributed by atoms with van der Waals surface area (Å²) in [5.41, 5.74) is 8.02. The molecule has 1 aromatic heterocycles. The molecule has 4 heteroatoms. The third kappa shape index (κ3) is 2.00. The Morgan fingerprint density at radius 3 is 2.65 bits per heavy atom. The fraction of sp³-hybridized carbons (Fsp3) is 0.615. The number of anilines is 2. The molecule has 0 spiro atoms. The molecule has 1 unspecified atom stereocenters. The average molecular weight is 247 g/mol. The molecule has 1 atom stereocenters. The minimum Gasteiger partial charge on any atom is -0.397 e. The van der Waals surface area contributed by atoms with Gasteiger partial charge in [-0.2, -0.15) is 5.26 Å². The number of hydrogen-bond donors (Lipinski definition) is 2. The van der Waals surface area contributed by atoms with Crippen molar-refractivity contribution in [2.24, 2.45) is 5.92 Å². The van der Waals surface area contributed by atoms with E-state index in [0.29, 0.717) is 16.8 Å². The summed E-state index contributed by atoms with van der Waals surface area (Å²) in [6, 6.07) is 2.72. The molecule has 0 aromatic carbocycles. The first-order valence-corrected chi connectivity index (χ1v) is 7.11. The largest absolute Gasteiger partial charge is 0.397 e. The van der Waals surface area contributed by atoms with Crippen LogP contribution in [0.2, 0.25) is 0 Å². The summed E-state index contributed by atoms with van der Waals surface area (Å²) in [5.74, 6) is 1.41. The van der Waals surface area contributed by atoms with Gasteiger partial charge >= 0.3 is 0 Å². The van der Waals surface area contributed by atoms with E-state index in [9.17, 15) is 0 Å². The van der Waals surface area contributed by atoms with Crippen molar-refractivity contribution in [3.05, 3.63) is 10.4 Å². The molecule has 2 fully saturated rings. The van der Waals surface area contributed by atoms with Gasteiger partial charge in [0, 0.05) is 11.6 Å². The number of nitriles is 1. The Labute approximate surface area is 106 Å². The van der Waals surface area contributed by atoms with E-state index in [1.807, 2.05) is 0 Å². The Bertz CT molecular complexity index is 478. The lowest BCUT2D eigenvalue weighted by Gasteiger charge is -2.14. The second-order valence-electron chi connectivity index (χ2n) is 5.24. The van der Waals surface area contributed by atoms with Crippen molar-refractivity contribution in [2.45, 2.75) is 44.6 Å². The summed E-state index contributed by atoms with van der Waals surface area (Å²) in [7, 11) is 0. The van der Waals surface area contributed by atoms with Crippen LogP contribution >= 0.6 is 11.3 Å². The third-order valence-corrected chi connectivity index (χ3v) is 4.82. The molecule has 3 rings (SSSR count). The fourth-order valence-corrected chi connectivity index (χ4v) is 3.45. The summed E-state index contributed by atoms with van der Waals surface area (Å²) in [6.07, 6.45) is 5.11. The van der Waals surface area contributed by atoms with Crippen LogP contribution in [0.4, 0.5) is 10.7 Å². The first kappa shape index (κ1) is 10.9. The number of thiophene rings is 1. The lowest BCUT2D eigenvalue weighted by molar-refractivity contribution is 0.695. The second-order valence-corrected chi connectivity index (χ2v) is 6.26. The SMILES string of the molecule is CC(Nc1sc(C#N)c(N)c1C1CC1)C1CC1. The van der Waals surface area contributed by atoms with Crippen molar-refractivity contribution in [3.63, 3.8) is 0 Å². The number of nitrogens with zero attached hydrogens (tertiary/aromatic N) is 1. The van der Waals surface area contributed by atoms with Gasteiger partial charge in [-0.3, -0.25) is 0 Å². The molecule has 0 amide bonds. The zero-order valence-corrected chi connectivity index (χ0v) is 10.8. The van der Waals surface area contributed by atoms with Crippen LogP contribution in [0.3, 0.4) is 0 Å². The van der Waals surface area contributed by atoms with Crippen LogP contribution in [-0.4, -0.2) is 6.04 Å². The summed E-state index contributed by atoms with van der Waals surface area (Å²) >= 11 is 1.53. The number of nitrogens with one attached hydrogen (secondary N) is 1. The van der Waals surface area contributed by atoms with E-state index in [1.54, 1.807) is 0 Å². The highest BCUT2D eigenvalue weighted by molar-refractivity contribution is 7.17. The zero-order chi connectivity index (χ0) is 12.0. The summed E-state index contributed by atoms with van der Waals surface area (Å²) in [5, 5.41) is 13.8. The topological polar surface area (TPSA) is 61.8 Å². The zero-order valence-electron chi connectivity index (χ0n) is 9.99. The highest BCUT2D eigenvalue weighted by Crippen LogP contribution is 2.51. The molecular formula is C13H17N3S. The minimum atomic E-state index is 0.511. The lowest BCUT2D eigenvalue weighted by Crippen LogP contribution is -2.17. The number of rotatable bonds is 4. The molecule has 1 aromatic rings. The van der Waals surface area contributed by atoms with Gasteiger partial charge in [0.1, 0.15) is 10.9 Å². The maximum Gasteiger partial charge on any atom is 0.130 e. The minimum absolute atomic E-state index is 0.511. The van der Waals surface area contributed by atoms with Crippen LogP contribution in [0.15, 0.2) is 0 Å². The van der Waals surface area contributed by atoms with E-state index >= 15 is 0 Å². The second kappa shape index (κ2) is 3.92. The first-order valence-electron chi connectivity index (χ1n) is 6.29. The van der Waals surface area contributed by atoms with E-state index in [1.165, 1.54) is 42.6 Å². The van der Waals surface area contributed by atoms with Gasteiger partial charge in [0.25, 0.3) is 0 Å². The van der Waals surface area contributed by atoms with Gasteiger partial charge in [0.15, 0.2) is 0 Å². The van der Waals surface area contributed by atoms with Crippen LogP contribution in [0.5, 0.6) is 0 Å². The maximum absolute atomic E-state index is 9.07. The summed E-state index contributed by atoms with van der Waals surface area (Å²) in [4.78, 5) is 0.678. The molecule has 2 saturated carbocycles. The average Bonchev–Trinajstić information content (AvgIpc) is 3.16. The van der Waals surface area contributed by atoms with Gasteiger partial charge in [0.05, 0.1) is 10.7 Å². The predicted molar refractivity (Wildman–Crippen MR) is 71.2 cm³/mol. The molecule has 1 heterocycles. The monoisotopic (exact) mass is 247 g/mol. The van der Waals surface area contributed by atoms with E-state index in [4.69, 9.17) is 11.0 Å². The first-order chi connectivity index (χ1) is 8.20. The van der Waals surface area contributed by atoms with E-state index < -0.39 is 0 Å². The third-order valence-electron chi connectivity index (χ3n) is 3.76. The van der Waals surface area contributed by atoms with Gasteiger partial charge in [0.2, 0.25) is 0 Å². The Hall–Kier alpha value is -1.21. The molecular weight excluding hydrogens is 230 g/mol. The number of nitrogen functional groups attached to an aromatic ring is 1. The standard InChI is InChI=1S/C13H17N3S/c1-7(8-2-3-8)16-13-11(9-4-5-9)12(15)10(6-14)17-13/h7-9,16H,2-5,15H2,1H3. The number of nitrogens with two attached hydrogens (primary N) is 1. The molecule has 2 aliphatic carbocycles. The molecule has 0 saturated heterocycles. The van der Waals surface area contributed by atoms with Gasteiger partial charge in [-0.25, -0.2) is 0 Å². The maximum atomic E-state index is 9.07. The normalized spacial score (nSPS) is 20.9. The molecule has 0 radical (unpaired) electrons. The van der Waals surface area contributed by atoms with Crippen molar-refractivity contribution in [1.29, 1.82) is 5.26 Å². The van der Waals surface area contributed by atoms with Crippen molar-refractivity contribution < 1.29 is 0 Å². The Kier molecular flexibility index (Phi) is 2.52. The van der Waals surface area contributed by atoms with E-state index in [2.05, 4.69) is 18.3 Å².